The summed E-state index contributed by atoms with van der Waals surface area (Å²) in [5.41, 5.74) is 0. The Hall–Kier alpha value is -2.37. The van der Waals surface area contributed by atoms with Crippen molar-refractivity contribution < 1.29 is 28.6 Å². The lowest BCUT2D eigenvalue weighted by atomic mass is 10.0. The number of hydrogen-bond donors (Lipinski definition) is 0. The van der Waals surface area contributed by atoms with E-state index in [-0.39, 0.29) is 31.1 Å². The summed E-state index contributed by atoms with van der Waals surface area (Å²) >= 11 is 0. The zero-order valence-electron chi connectivity index (χ0n) is 52.7. The van der Waals surface area contributed by atoms with E-state index < -0.39 is 6.10 Å². The van der Waals surface area contributed by atoms with Gasteiger partial charge in [0.1, 0.15) is 13.2 Å². The van der Waals surface area contributed by atoms with E-state index in [1.54, 1.807) is 0 Å². The molecule has 0 spiro atoms. The first-order valence-electron chi connectivity index (χ1n) is 35.0. The highest BCUT2D eigenvalue weighted by molar-refractivity contribution is 5.71. The van der Waals surface area contributed by atoms with Crippen molar-refractivity contribution in [2.24, 2.45) is 0 Å². The van der Waals surface area contributed by atoms with Gasteiger partial charge in [0.15, 0.2) is 6.10 Å². The summed E-state index contributed by atoms with van der Waals surface area (Å²) in [6.07, 6.45) is 83.6. The van der Waals surface area contributed by atoms with Crippen LogP contribution < -0.4 is 0 Å². The van der Waals surface area contributed by atoms with Crippen LogP contribution in [0.3, 0.4) is 0 Å². The fraction of sp³-hybridized carbons (Fsp3) is 0.875. The Labute approximate surface area is 486 Å². The molecule has 0 aliphatic heterocycles. The van der Waals surface area contributed by atoms with Crippen molar-refractivity contribution in [3.05, 3.63) is 36.5 Å². The van der Waals surface area contributed by atoms with Gasteiger partial charge in [-0.25, -0.2) is 0 Å². The molecule has 6 nitrogen and oxygen atoms in total. The molecule has 0 bridgehead atoms. The van der Waals surface area contributed by atoms with E-state index in [0.717, 1.165) is 96.3 Å². The highest BCUT2D eigenvalue weighted by Gasteiger charge is 2.19. The van der Waals surface area contributed by atoms with Crippen molar-refractivity contribution in [1.82, 2.24) is 0 Å². The fourth-order valence-electron chi connectivity index (χ4n) is 10.6. The van der Waals surface area contributed by atoms with Gasteiger partial charge in [0.25, 0.3) is 0 Å². The van der Waals surface area contributed by atoms with E-state index in [2.05, 4.69) is 57.2 Å². The van der Waals surface area contributed by atoms with Crippen LogP contribution in [0.25, 0.3) is 0 Å². The van der Waals surface area contributed by atoms with Crippen LogP contribution >= 0.6 is 0 Å². The highest BCUT2D eigenvalue weighted by Crippen LogP contribution is 2.19. The number of allylic oxidation sites excluding steroid dienone is 6. The van der Waals surface area contributed by atoms with Crippen molar-refractivity contribution in [1.29, 1.82) is 0 Å². The molecule has 0 radical (unpaired) electrons. The molecule has 1 unspecified atom stereocenters. The molecule has 0 saturated heterocycles. The number of esters is 3. The minimum absolute atomic E-state index is 0.0770. The zero-order chi connectivity index (χ0) is 56.4. The first-order valence-corrected chi connectivity index (χ1v) is 35.0. The molecular formula is C72H134O6. The third kappa shape index (κ3) is 64.5. The van der Waals surface area contributed by atoms with Gasteiger partial charge in [0.2, 0.25) is 0 Å². The van der Waals surface area contributed by atoms with Crippen LogP contribution in [0.15, 0.2) is 36.5 Å². The van der Waals surface area contributed by atoms with Crippen LogP contribution in [-0.2, 0) is 28.6 Å². The van der Waals surface area contributed by atoms with Crippen LogP contribution in [0.5, 0.6) is 0 Å². The summed E-state index contributed by atoms with van der Waals surface area (Å²) in [7, 11) is 0. The second kappa shape index (κ2) is 67.1. The Morgan fingerprint density at radius 2 is 0.487 bits per heavy atom. The number of carbonyl (C=O) groups is 3. The summed E-state index contributed by atoms with van der Waals surface area (Å²) in [5, 5.41) is 0. The van der Waals surface area contributed by atoms with Gasteiger partial charge in [0, 0.05) is 19.3 Å². The van der Waals surface area contributed by atoms with Gasteiger partial charge in [-0.3, -0.25) is 14.4 Å². The summed E-state index contributed by atoms with van der Waals surface area (Å²) in [6.45, 7) is 6.59. The summed E-state index contributed by atoms with van der Waals surface area (Å²) in [6, 6.07) is 0. The Kier molecular flexibility index (Phi) is 65.1. The highest BCUT2D eigenvalue weighted by atomic mass is 16.6. The quantitative estimate of drug-likeness (QED) is 0.0261. The number of rotatable bonds is 65. The number of hydrogen-bond acceptors (Lipinski definition) is 6. The fourth-order valence-corrected chi connectivity index (χ4v) is 10.6. The van der Waals surface area contributed by atoms with Crippen LogP contribution in [-0.4, -0.2) is 37.2 Å². The van der Waals surface area contributed by atoms with E-state index in [0.29, 0.717) is 19.3 Å². The monoisotopic (exact) mass is 1100 g/mol. The molecular weight excluding hydrogens is 961 g/mol. The van der Waals surface area contributed by atoms with Crippen molar-refractivity contribution >= 4 is 17.9 Å². The SMILES string of the molecule is CCC/C=C\CCCCCCCC(=O)OCC(COC(=O)CCCCCCCCCCCCCCCCCCCCCCCCCCCCCCCCCCCCC)OC(=O)CCCCCCC/C=C\C/C=C\CCCCC. The average Bonchev–Trinajstić information content (AvgIpc) is 3.44. The summed E-state index contributed by atoms with van der Waals surface area (Å²) < 4.78 is 16.9. The molecule has 0 aliphatic rings. The second-order valence-electron chi connectivity index (χ2n) is 23.8. The maximum atomic E-state index is 12.9. The van der Waals surface area contributed by atoms with E-state index in [4.69, 9.17) is 14.2 Å². The molecule has 0 aromatic rings. The molecule has 6 heteroatoms. The van der Waals surface area contributed by atoms with Crippen LogP contribution in [0, 0.1) is 0 Å². The van der Waals surface area contributed by atoms with Crippen molar-refractivity contribution in [2.45, 2.75) is 393 Å². The molecule has 0 aliphatic carbocycles. The lowest BCUT2D eigenvalue weighted by Gasteiger charge is -2.18. The summed E-state index contributed by atoms with van der Waals surface area (Å²) in [5.74, 6) is -0.882. The molecule has 0 saturated carbocycles. The maximum Gasteiger partial charge on any atom is 0.306 e. The average molecular weight is 1100 g/mol. The molecule has 78 heavy (non-hydrogen) atoms. The Morgan fingerprint density at radius 3 is 0.795 bits per heavy atom. The molecule has 0 amide bonds. The topological polar surface area (TPSA) is 78.9 Å². The predicted octanol–water partition coefficient (Wildman–Crippen LogP) is 23.9. The number of carbonyl (C=O) groups excluding carboxylic acids is 3. The van der Waals surface area contributed by atoms with E-state index >= 15 is 0 Å². The molecule has 0 rings (SSSR count). The standard InChI is InChI=1S/C72H134O6/c1-4-7-10-13-16-19-22-24-26-27-28-29-30-31-32-33-34-35-36-37-38-39-40-41-42-43-44-45-47-48-50-53-56-59-62-65-71(74)77-68-69(67-76-70(73)64-61-58-55-52-21-18-15-12-9-6-3)78-72(75)66-63-60-57-54-51-49-46-25-23-20-17-14-11-8-5-2/h12,15,17,20,25,46,69H,4-11,13-14,16,18-19,21-24,26-45,47-68H2,1-3H3/b15-12-,20-17-,46-25-. The number of unbranched alkanes of at least 4 members (excludes halogenated alkanes) is 48. The first kappa shape index (κ1) is 75.6. The van der Waals surface area contributed by atoms with Crippen molar-refractivity contribution in [2.75, 3.05) is 13.2 Å². The Bertz CT molecular complexity index is 1300. The van der Waals surface area contributed by atoms with Gasteiger partial charge >= 0.3 is 17.9 Å². The minimum Gasteiger partial charge on any atom is -0.462 e. The van der Waals surface area contributed by atoms with Crippen molar-refractivity contribution in [3.8, 4) is 0 Å². The molecule has 0 heterocycles. The predicted molar refractivity (Wildman–Crippen MR) is 339 cm³/mol. The molecule has 1 atom stereocenters. The third-order valence-corrected chi connectivity index (χ3v) is 15.8. The van der Waals surface area contributed by atoms with Crippen LogP contribution in [0.2, 0.25) is 0 Å². The lowest BCUT2D eigenvalue weighted by Crippen LogP contribution is -2.30. The van der Waals surface area contributed by atoms with Crippen LogP contribution in [0.1, 0.15) is 387 Å². The Morgan fingerprint density at radius 1 is 0.256 bits per heavy atom. The van der Waals surface area contributed by atoms with Gasteiger partial charge in [-0.1, -0.05) is 333 Å². The van der Waals surface area contributed by atoms with E-state index in [9.17, 15) is 14.4 Å². The van der Waals surface area contributed by atoms with Gasteiger partial charge in [-0.05, 0) is 70.6 Å². The van der Waals surface area contributed by atoms with Gasteiger partial charge < -0.3 is 14.2 Å². The largest absolute Gasteiger partial charge is 0.462 e. The van der Waals surface area contributed by atoms with E-state index in [1.807, 2.05) is 0 Å². The minimum atomic E-state index is -0.780. The smallest absolute Gasteiger partial charge is 0.306 e. The third-order valence-electron chi connectivity index (χ3n) is 15.8. The van der Waals surface area contributed by atoms with Gasteiger partial charge in [-0.15, -0.1) is 0 Å². The van der Waals surface area contributed by atoms with Crippen LogP contribution in [0.4, 0.5) is 0 Å². The first-order chi connectivity index (χ1) is 38.5. The normalized spacial score (nSPS) is 12.2. The Balaban J connectivity index is 3.98. The second-order valence-corrected chi connectivity index (χ2v) is 23.8. The molecule has 0 fully saturated rings. The molecule has 0 aromatic heterocycles. The van der Waals surface area contributed by atoms with Crippen molar-refractivity contribution in [3.63, 3.8) is 0 Å². The maximum absolute atomic E-state index is 12.9. The molecule has 458 valence electrons. The van der Waals surface area contributed by atoms with E-state index in [1.165, 1.54) is 250 Å². The zero-order valence-corrected chi connectivity index (χ0v) is 52.7. The number of ether oxygens (including phenoxy) is 3. The summed E-state index contributed by atoms with van der Waals surface area (Å²) in [4.78, 5) is 38.2. The van der Waals surface area contributed by atoms with Gasteiger partial charge in [0.05, 0.1) is 0 Å². The lowest BCUT2D eigenvalue weighted by molar-refractivity contribution is -0.167. The molecule has 0 N–H and O–H groups in total. The molecule has 0 aromatic carbocycles. The van der Waals surface area contributed by atoms with Gasteiger partial charge in [-0.2, -0.15) is 0 Å².